The second-order valence-corrected chi connectivity index (χ2v) is 7.04. The molecule has 0 saturated heterocycles. The zero-order valence-electron chi connectivity index (χ0n) is 16.4. The van der Waals surface area contributed by atoms with Crippen molar-refractivity contribution in [3.05, 3.63) is 79.0 Å². The first-order valence-corrected chi connectivity index (χ1v) is 9.75. The number of aromatic nitrogens is 2. The average Bonchev–Trinajstić information content (AvgIpc) is 3.12. The summed E-state index contributed by atoms with van der Waals surface area (Å²) < 4.78 is 5.63. The molecular weight excluding hydrogens is 396 g/mol. The summed E-state index contributed by atoms with van der Waals surface area (Å²) in [5.74, 6) is 1.31. The van der Waals surface area contributed by atoms with Crippen LogP contribution in [0.4, 0.5) is 11.6 Å². The lowest BCUT2D eigenvalue weighted by Crippen LogP contribution is -2.38. The molecule has 0 atom stereocenters. The van der Waals surface area contributed by atoms with Gasteiger partial charge in [-0.15, -0.1) is 0 Å². The van der Waals surface area contributed by atoms with E-state index >= 15 is 0 Å². The Balaban J connectivity index is 1.59. The van der Waals surface area contributed by atoms with E-state index in [-0.39, 0.29) is 11.8 Å². The van der Waals surface area contributed by atoms with Gasteiger partial charge in [-0.3, -0.25) is 14.6 Å². The average molecular weight is 414 g/mol. The van der Waals surface area contributed by atoms with Crippen LogP contribution in [0.2, 0.25) is 0 Å². The molecule has 1 aromatic heterocycles. The van der Waals surface area contributed by atoms with Gasteiger partial charge in [0.05, 0.1) is 17.4 Å². The van der Waals surface area contributed by atoms with E-state index in [2.05, 4.69) is 20.3 Å². The predicted molar refractivity (Wildman–Crippen MR) is 115 cm³/mol. The fraction of sp³-hybridized carbons (Fsp3) is 0.136. The van der Waals surface area contributed by atoms with Crippen molar-refractivity contribution in [1.29, 1.82) is 0 Å². The standard InChI is InChI=1S/C22H18N6O3/c29-18-6-1-2-11-31-16-5-3-4-15(12-16)23-13-17-19-20(26-22(17)30)24-14-25-21(19)28-9-7-27(18)8-10-28/h1-7,9,11,13-14H,8,10,12H2,(H,24,25,26,30)/b6-1-,11-2+,17-13-,23-15-. The minimum absolute atomic E-state index is 0.138. The zero-order valence-corrected chi connectivity index (χ0v) is 16.4. The molecule has 154 valence electrons. The Bertz CT molecular complexity index is 1170. The van der Waals surface area contributed by atoms with E-state index in [4.69, 9.17) is 4.74 Å². The third kappa shape index (κ3) is 3.68. The number of nitrogens with zero attached hydrogens (tertiary/aromatic N) is 5. The Kier molecular flexibility index (Phi) is 4.75. The number of amides is 2. The molecule has 0 radical (unpaired) electrons. The summed E-state index contributed by atoms with van der Waals surface area (Å²) in [4.78, 5) is 41.7. The van der Waals surface area contributed by atoms with Crippen molar-refractivity contribution in [1.82, 2.24) is 14.9 Å². The van der Waals surface area contributed by atoms with Crippen molar-refractivity contribution in [3.63, 3.8) is 0 Å². The number of fused-ring (bicyclic) bond motifs is 5. The van der Waals surface area contributed by atoms with E-state index in [1.807, 2.05) is 23.1 Å². The summed E-state index contributed by atoms with van der Waals surface area (Å²) >= 11 is 0. The van der Waals surface area contributed by atoms with Gasteiger partial charge in [0, 0.05) is 49.9 Å². The highest BCUT2D eigenvalue weighted by molar-refractivity contribution is 6.32. The largest absolute Gasteiger partial charge is 0.469 e. The monoisotopic (exact) mass is 414 g/mol. The molecule has 5 heterocycles. The molecule has 6 rings (SSSR count). The van der Waals surface area contributed by atoms with Crippen LogP contribution in [0.3, 0.4) is 0 Å². The van der Waals surface area contributed by atoms with E-state index < -0.39 is 0 Å². The van der Waals surface area contributed by atoms with Gasteiger partial charge in [-0.1, -0.05) is 12.2 Å². The van der Waals surface area contributed by atoms with Crippen molar-refractivity contribution >= 4 is 34.7 Å². The van der Waals surface area contributed by atoms with Crippen LogP contribution in [0.25, 0.3) is 5.57 Å². The van der Waals surface area contributed by atoms with E-state index in [0.29, 0.717) is 48.0 Å². The first-order valence-electron chi connectivity index (χ1n) is 9.75. The van der Waals surface area contributed by atoms with Crippen LogP contribution < -0.4 is 10.2 Å². The van der Waals surface area contributed by atoms with Crippen LogP contribution >= 0.6 is 0 Å². The van der Waals surface area contributed by atoms with Gasteiger partial charge in [0.1, 0.15) is 23.7 Å². The van der Waals surface area contributed by atoms with Crippen molar-refractivity contribution < 1.29 is 14.3 Å². The number of anilines is 2. The lowest BCUT2D eigenvalue weighted by molar-refractivity contribution is -0.123. The predicted octanol–water partition coefficient (Wildman–Crippen LogP) is 2.27. The highest BCUT2D eigenvalue weighted by atomic mass is 16.5. The fourth-order valence-electron chi connectivity index (χ4n) is 3.52. The minimum atomic E-state index is -0.284. The molecule has 31 heavy (non-hydrogen) atoms. The summed E-state index contributed by atoms with van der Waals surface area (Å²) in [5.41, 5.74) is 1.73. The quantitative estimate of drug-likeness (QED) is 0.699. The lowest BCUT2D eigenvalue weighted by atomic mass is 10.1. The number of hydrogen-bond acceptors (Lipinski definition) is 7. The van der Waals surface area contributed by atoms with Gasteiger partial charge in [-0.2, -0.15) is 0 Å². The Labute approximate surface area is 178 Å². The number of aliphatic imine (C=N–C) groups is 1. The smallest absolute Gasteiger partial charge is 0.259 e. The molecule has 4 aliphatic heterocycles. The minimum Gasteiger partial charge on any atom is -0.469 e. The maximum absolute atomic E-state index is 12.6. The molecule has 4 bridgehead atoms. The fourth-order valence-corrected chi connectivity index (χ4v) is 3.52. The molecular formula is C22H18N6O3. The first kappa shape index (κ1) is 18.7. The Morgan fingerprint density at radius 2 is 1.87 bits per heavy atom. The summed E-state index contributed by atoms with van der Waals surface area (Å²) in [6, 6.07) is 0. The normalized spacial score (nSPS) is 25.2. The van der Waals surface area contributed by atoms with Gasteiger partial charge in [0.2, 0.25) is 0 Å². The van der Waals surface area contributed by atoms with E-state index in [1.165, 1.54) is 18.7 Å². The van der Waals surface area contributed by atoms with Gasteiger partial charge >= 0.3 is 0 Å². The van der Waals surface area contributed by atoms with Gasteiger partial charge in [0.15, 0.2) is 0 Å². The molecule has 2 amide bonds. The molecule has 0 fully saturated rings. The Morgan fingerprint density at radius 1 is 1.00 bits per heavy atom. The summed E-state index contributed by atoms with van der Waals surface area (Å²) in [7, 11) is 0. The van der Waals surface area contributed by atoms with Gasteiger partial charge < -0.3 is 19.9 Å². The number of ether oxygens (including phenoxy) is 1. The Hall–Kier alpha value is -4.27. The maximum atomic E-state index is 12.6. The van der Waals surface area contributed by atoms with Crippen LogP contribution in [0.5, 0.6) is 0 Å². The number of nitrogens with one attached hydrogen (secondary N) is 1. The third-order valence-corrected chi connectivity index (χ3v) is 5.07. The maximum Gasteiger partial charge on any atom is 0.259 e. The molecule has 1 aliphatic carbocycles. The van der Waals surface area contributed by atoms with Crippen molar-refractivity contribution in [2.45, 2.75) is 6.42 Å². The molecule has 0 unspecified atom stereocenters. The molecule has 0 saturated carbocycles. The topological polar surface area (TPSA) is 100 Å². The lowest BCUT2D eigenvalue weighted by Gasteiger charge is -2.29. The van der Waals surface area contributed by atoms with Crippen LogP contribution in [0.1, 0.15) is 12.0 Å². The molecule has 9 nitrogen and oxygen atoms in total. The van der Waals surface area contributed by atoms with Gasteiger partial charge in [0.25, 0.3) is 11.8 Å². The first-order chi connectivity index (χ1) is 15.2. The molecule has 0 aromatic carbocycles. The molecule has 1 N–H and O–H groups in total. The van der Waals surface area contributed by atoms with Crippen molar-refractivity contribution in [2.75, 3.05) is 23.3 Å². The highest BCUT2D eigenvalue weighted by Gasteiger charge is 2.31. The summed E-state index contributed by atoms with van der Waals surface area (Å²) in [6.45, 7) is 0.991. The zero-order chi connectivity index (χ0) is 21.2. The van der Waals surface area contributed by atoms with Gasteiger partial charge in [-0.05, 0) is 18.2 Å². The number of carbonyl (C=O) groups excluding carboxylic acids is 2. The SMILES string of the molecule is O=C1Nc2ncnc3c2/C1=C/N=C1/C=CC=C(C1)O/C=C/C=C\C(=O)N1C=CN3CC1. The van der Waals surface area contributed by atoms with E-state index in [0.717, 1.165) is 5.71 Å². The number of allylic oxidation sites excluding steroid dienone is 6. The molecule has 1 aromatic rings. The summed E-state index contributed by atoms with van der Waals surface area (Å²) in [5, 5.41) is 2.77. The highest BCUT2D eigenvalue weighted by Crippen LogP contribution is 2.37. The number of carbonyl (C=O) groups is 2. The van der Waals surface area contributed by atoms with E-state index in [9.17, 15) is 9.59 Å². The summed E-state index contributed by atoms with van der Waals surface area (Å²) in [6.07, 6.45) is 18.7. The molecule has 9 heteroatoms. The van der Waals surface area contributed by atoms with Crippen LogP contribution in [-0.4, -0.2) is 45.5 Å². The third-order valence-electron chi connectivity index (χ3n) is 5.07. The molecule has 0 spiro atoms. The second kappa shape index (κ2) is 7.86. The van der Waals surface area contributed by atoms with Crippen molar-refractivity contribution in [3.8, 4) is 0 Å². The second-order valence-electron chi connectivity index (χ2n) is 7.04. The van der Waals surface area contributed by atoms with Crippen LogP contribution in [0.15, 0.2) is 78.4 Å². The number of hydrogen-bond donors (Lipinski definition) is 1. The van der Waals surface area contributed by atoms with Crippen molar-refractivity contribution in [2.24, 2.45) is 4.99 Å². The Morgan fingerprint density at radius 3 is 2.74 bits per heavy atom. The molecule has 5 aliphatic rings. The van der Waals surface area contributed by atoms with Gasteiger partial charge in [-0.25, -0.2) is 9.97 Å². The van der Waals surface area contributed by atoms with Crippen LogP contribution in [-0.2, 0) is 14.3 Å². The van der Waals surface area contributed by atoms with E-state index in [1.54, 1.807) is 35.7 Å². The van der Waals surface area contributed by atoms with Crippen LogP contribution in [0, 0.1) is 0 Å². The number of rotatable bonds is 0.